The summed E-state index contributed by atoms with van der Waals surface area (Å²) in [7, 11) is 0. The van der Waals surface area contributed by atoms with Gasteiger partial charge in [0, 0.05) is 52.9 Å². The molecule has 2 unspecified atom stereocenters. The van der Waals surface area contributed by atoms with Crippen molar-refractivity contribution in [2.75, 3.05) is 18.5 Å². The number of Topliss-reactive ketones (excluding diaryl/α,β-unsaturated/α-hetero) is 1. The molecule has 0 aromatic heterocycles. The second-order valence-electron chi connectivity index (χ2n) is 29.3. The number of rotatable bonds is 19. The van der Waals surface area contributed by atoms with Gasteiger partial charge < -0.3 is 70.3 Å². The van der Waals surface area contributed by atoms with Crippen molar-refractivity contribution in [3.63, 3.8) is 0 Å². The van der Waals surface area contributed by atoms with Gasteiger partial charge in [-0.2, -0.15) is 5.10 Å². The van der Waals surface area contributed by atoms with Gasteiger partial charge in [-0.25, -0.2) is 9.59 Å². The number of hydrogen-bond donors (Lipinski definition) is 10. The quantitative estimate of drug-likeness (QED) is 0.0590. The standard InChI is InChI=1S/C72H87N5O17/c1-38(2)42-6-5-7-48-45(18-17-42)32-74-77-59(48)43-13-8-39(9-14-43)27-57(83)73-25-23-56(82)75-51-26-41(12-21-53(51)91-66-62(86)60(84)61(85)63(93-66)64(87)88)34-90-67(89)76-71-35-70(36-71,37-71)30-40-10-15-44(16-11-40)65-92-55-29-50-49-20-19-46-28-47(79)22-24-68(46,3)58(49)52(80)31-69(50,4)72(55,94-65)54(81)33-78/h8-16,21-22,24,26,28,32,38,42,45,49-50,52,55,58,60-63,65-66,77-78,80,84-86H,5-7,17-20,23,25,27,29-31,33-37H2,1-4H3,(H,73,83)(H,75,82)(H,76,89)(H,87,88)/t42?,45?,49-,50-,52-,55+,58+,60-,61-,62+,63-,65+,66+,68-,69-,70?,71?,72+/m0/s1. The SMILES string of the molecule is CC(C)C1CCCC2=C(c3ccc(CC(=O)NCCC(=O)Nc4cc(COC(=O)NC56CC(Cc7ccc([C@@H]8O[C@@H]9C[C@H]%10[C@@H]%11CCC%12=CC(=O)C=C[C@]%12(C)[C@H]%11[C@@H](O)C[C@]%10(C)[C@]9(C(=O)CO)O8)cc7)(C5)C6)ccc4O[C@@H]4O[C@H](C(=O)O)[C@@H](O)[C@H](O)[C@H]4O)cc3)NN=CC2CC1. The van der Waals surface area contributed by atoms with Crippen molar-refractivity contribution >= 4 is 53.0 Å². The molecular formula is C72H87N5O17. The van der Waals surface area contributed by atoms with Crippen LogP contribution in [-0.4, -0.2) is 140 Å². The number of amides is 3. The Morgan fingerprint density at radius 1 is 0.851 bits per heavy atom. The van der Waals surface area contributed by atoms with Crippen LogP contribution in [0.1, 0.15) is 145 Å². The number of aliphatic hydroxyl groups excluding tert-OH is 5. The number of carboxylic acid groups (broad SMARTS) is 1. The number of aliphatic hydroxyl groups is 5. The molecule has 22 heteroatoms. The summed E-state index contributed by atoms with van der Waals surface area (Å²) in [5.41, 5.74) is 7.44. The van der Waals surface area contributed by atoms with Crippen LogP contribution in [0.2, 0.25) is 0 Å². The van der Waals surface area contributed by atoms with Crippen LogP contribution in [0.4, 0.5) is 10.5 Å². The first kappa shape index (κ1) is 65.5. The number of allylic oxidation sites excluding steroid dienone is 5. The fourth-order valence-electron chi connectivity index (χ4n) is 18.6. The Hall–Kier alpha value is -7.15. The van der Waals surface area contributed by atoms with E-state index in [4.69, 9.17) is 23.7 Å². The number of nitrogens with one attached hydrogen (secondary N) is 4. The van der Waals surface area contributed by atoms with Gasteiger partial charge in [-0.15, -0.1) is 0 Å². The topological polar surface area (TPSA) is 330 Å². The highest BCUT2D eigenvalue weighted by Gasteiger charge is 2.76. The van der Waals surface area contributed by atoms with Crippen LogP contribution in [0.5, 0.6) is 5.75 Å². The maximum atomic E-state index is 14.1. The Labute approximate surface area is 545 Å². The van der Waals surface area contributed by atoms with E-state index in [-0.39, 0.29) is 78.7 Å². The van der Waals surface area contributed by atoms with Crippen LogP contribution < -0.4 is 26.1 Å². The summed E-state index contributed by atoms with van der Waals surface area (Å²) in [5, 5.41) is 76.9. The molecule has 3 aromatic rings. The summed E-state index contributed by atoms with van der Waals surface area (Å²) < 4.78 is 30.4. The van der Waals surface area contributed by atoms with Gasteiger partial charge in [0.15, 0.2) is 29.6 Å². The molecule has 3 aliphatic heterocycles. The average molecular weight is 1290 g/mol. The largest absolute Gasteiger partial charge is 0.479 e. The van der Waals surface area contributed by atoms with Crippen molar-refractivity contribution in [3.8, 4) is 5.75 Å². The maximum absolute atomic E-state index is 14.1. The maximum Gasteiger partial charge on any atom is 0.407 e. The second kappa shape index (κ2) is 25.4. The highest BCUT2D eigenvalue weighted by Crippen LogP contribution is 2.71. The average Bonchev–Trinajstić information content (AvgIpc) is 1.48. The van der Waals surface area contributed by atoms with Crippen LogP contribution >= 0.6 is 0 Å². The molecule has 0 spiro atoms. The fraction of sp³-hybridized carbons (Fsp3) is 0.569. The molecule has 11 aliphatic rings. The van der Waals surface area contributed by atoms with E-state index in [0.717, 1.165) is 91.3 Å². The molecule has 14 rings (SSSR count). The summed E-state index contributed by atoms with van der Waals surface area (Å²) in [6.45, 7) is 7.72. The van der Waals surface area contributed by atoms with Crippen LogP contribution in [0.3, 0.4) is 0 Å². The normalized spacial score (nSPS) is 36.7. The molecule has 3 heterocycles. The molecule has 94 heavy (non-hydrogen) atoms. The summed E-state index contributed by atoms with van der Waals surface area (Å²) in [6.07, 6.45) is 5.49. The Bertz CT molecular complexity index is 3590. The number of aliphatic carboxylic acids is 1. The Morgan fingerprint density at radius 2 is 1.60 bits per heavy atom. The smallest absolute Gasteiger partial charge is 0.407 e. The minimum absolute atomic E-state index is 0.0107. The molecule has 7 saturated carbocycles. The van der Waals surface area contributed by atoms with E-state index >= 15 is 0 Å². The van der Waals surface area contributed by atoms with Gasteiger partial charge in [-0.3, -0.25) is 24.6 Å². The zero-order valence-corrected chi connectivity index (χ0v) is 53.6. The molecule has 3 aromatic carbocycles. The molecule has 16 atom stereocenters. The van der Waals surface area contributed by atoms with Gasteiger partial charge in [0.2, 0.25) is 18.1 Å². The molecule has 22 nitrogen and oxygen atoms in total. The van der Waals surface area contributed by atoms with Gasteiger partial charge in [-0.05, 0) is 165 Å². The Morgan fingerprint density at radius 3 is 2.33 bits per heavy atom. The molecule has 8 aliphatic carbocycles. The molecule has 0 radical (unpaired) electrons. The Balaban J connectivity index is 0.598. The molecule has 2 bridgehead atoms. The number of alkyl carbamates (subject to hydrolysis) is 1. The monoisotopic (exact) mass is 1290 g/mol. The van der Waals surface area contributed by atoms with Crippen molar-refractivity contribution in [2.45, 2.75) is 191 Å². The number of hydrogen-bond acceptors (Lipinski definition) is 18. The van der Waals surface area contributed by atoms with E-state index < -0.39 is 102 Å². The van der Waals surface area contributed by atoms with E-state index in [1.807, 2.05) is 67.7 Å². The van der Waals surface area contributed by atoms with Crippen molar-refractivity contribution < 1.29 is 83.1 Å². The first-order valence-corrected chi connectivity index (χ1v) is 33.5. The van der Waals surface area contributed by atoms with Gasteiger partial charge in [-0.1, -0.05) is 93.9 Å². The predicted octanol–water partition coefficient (Wildman–Crippen LogP) is 6.79. The zero-order valence-electron chi connectivity index (χ0n) is 53.6. The molecule has 2 saturated heterocycles. The highest BCUT2D eigenvalue weighted by molar-refractivity contribution is 6.01. The van der Waals surface area contributed by atoms with Gasteiger partial charge >= 0.3 is 12.1 Å². The first-order chi connectivity index (χ1) is 44.9. The number of benzene rings is 3. The fourth-order valence-corrected chi connectivity index (χ4v) is 18.6. The minimum atomic E-state index is -1.97. The lowest BCUT2D eigenvalue weighted by molar-refractivity contribution is -0.271. The van der Waals surface area contributed by atoms with Crippen molar-refractivity contribution in [3.05, 3.63) is 124 Å². The highest BCUT2D eigenvalue weighted by atomic mass is 16.7. The van der Waals surface area contributed by atoms with Gasteiger partial charge in [0.25, 0.3) is 0 Å². The van der Waals surface area contributed by atoms with E-state index in [1.165, 1.54) is 36.6 Å². The van der Waals surface area contributed by atoms with E-state index in [1.54, 1.807) is 12.2 Å². The third-order valence-corrected chi connectivity index (χ3v) is 23.2. The van der Waals surface area contributed by atoms with Crippen molar-refractivity contribution in [1.82, 2.24) is 16.1 Å². The lowest BCUT2D eigenvalue weighted by Crippen LogP contribution is -2.75. The number of ketones is 2. The molecule has 3 amide bonds. The minimum Gasteiger partial charge on any atom is -0.479 e. The number of fused-ring (bicyclic) bond motifs is 8. The van der Waals surface area contributed by atoms with Gasteiger partial charge in [0.1, 0.15) is 37.3 Å². The van der Waals surface area contributed by atoms with Crippen molar-refractivity contribution in [1.29, 1.82) is 0 Å². The number of carbonyl (C=O) groups is 6. The molecule has 10 N–H and O–H groups in total. The van der Waals surface area contributed by atoms with Crippen LogP contribution in [0.25, 0.3) is 5.70 Å². The third-order valence-electron chi connectivity index (χ3n) is 23.2. The zero-order chi connectivity index (χ0) is 66.2. The predicted molar refractivity (Wildman–Crippen MR) is 341 cm³/mol. The molecule has 9 fully saturated rings. The van der Waals surface area contributed by atoms with E-state index in [2.05, 4.69) is 47.2 Å². The summed E-state index contributed by atoms with van der Waals surface area (Å²) in [6, 6.07) is 20.1. The molecular weight excluding hydrogens is 1210 g/mol. The lowest BCUT2D eigenvalue weighted by Gasteiger charge is -2.70. The number of ether oxygens (including phenoxy) is 5. The van der Waals surface area contributed by atoms with E-state index in [9.17, 15) is 59.4 Å². The Kier molecular flexibility index (Phi) is 17.7. The number of carboxylic acids is 1. The van der Waals surface area contributed by atoms with Crippen LogP contribution in [0, 0.1) is 51.8 Å². The number of carbonyl (C=O) groups excluding carboxylic acids is 5. The number of anilines is 1. The van der Waals surface area contributed by atoms with Crippen molar-refractivity contribution in [2.24, 2.45) is 56.9 Å². The van der Waals surface area contributed by atoms with Crippen LogP contribution in [-0.2, 0) is 62.4 Å². The number of nitrogens with zero attached hydrogens (tertiary/aromatic N) is 1. The summed E-state index contributed by atoms with van der Waals surface area (Å²) in [5.74, 6) is -1.54. The number of hydrazone groups is 1. The summed E-state index contributed by atoms with van der Waals surface area (Å²) in [4.78, 5) is 78.5. The first-order valence-electron chi connectivity index (χ1n) is 33.5. The van der Waals surface area contributed by atoms with E-state index in [0.29, 0.717) is 29.7 Å². The molecule has 502 valence electrons. The summed E-state index contributed by atoms with van der Waals surface area (Å²) >= 11 is 0. The van der Waals surface area contributed by atoms with Crippen LogP contribution in [0.15, 0.2) is 101 Å². The lowest BCUT2D eigenvalue weighted by atomic mass is 9.38. The van der Waals surface area contributed by atoms with Gasteiger partial charge in [0.05, 0.1) is 30.0 Å². The second-order valence-corrected chi connectivity index (χ2v) is 29.3. The third kappa shape index (κ3) is 11.9.